The minimum atomic E-state index is -1.39. The zero-order chi connectivity index (χ0) is 50.7. The van der Waals surface area contributed by atoms with Crippen LogP contribution in [0.3, 0.4) is 0 Å². The van der Waals surface area contributed by atoms with Crippen LogP contribution in [0.25, 0.3) is 32.7 Å². The summed E-state index contributed by atoms with van der Waals surface area (Å²) in [6.45, 7) is 12.0. The van der Waals surface area contributed by atoms with Gasteiger partial charge in [0.05, 0.1) is 30.9 Å². The second-order valence-corrected chi connectivity index (χ2v) is 14.9. The maximum absolute atomic E-state index is 11.5. The number of alkyl halides is 1. The van der Waals surface area contributed by atoms with Gasteiger partial charge in [-0.1, -0.05) is 130 Å². The largest absolute Gasteiger partial charge is 0.488 e. The fourth-order valence-electron chi connectivity index (χ4n) is 6.75. The molecule has 6 N–H and O–H groups in total. The number of carboxylic acids is 1. The summed E-state index contributed by atoms with van der Waals surface area (Å²) in [5.41, 5.74) is 10.7. The fraction of sp³-hybridized carbons (Fsp3) is 0.196. The molecule has 9 aromatic rings. The Morgan fingerprint density at radius 2 is 0.841 bits per heavy atom. The Balaban J connectivity index is 0.000000240. The summed E-state index contributed by atoms with van der Waals surface area (Å²) >= 11 is 3.31. The number of H-pyrrole nitrogens is 3. The van der Waals surface area contributed by atoms with Crippen LogP contribution in [0, 0.1) is 0 Å². The molecule has 0 aliphatic carbocycles. The van der Waals surface area contributed by atoms with E-state index < -0.39 is 13.1 Å². The van der Waals surface area contributed by atoms with Gasteiger partial charge in [0.15, 0.2) is 0 Å². The molecule has 0 saturated heterocycles. The first-order chi connectivity index (χ1) is 33.5. The number of hydrogen-bond acceptors (Lipinski definition) is 7. The number of aromatic carboxylic acids is 1. The number of methoxy groups -OCH3 is 2. The third-order valence-electron chi connectivity index (χ3n) is 9.96. The van der Waals surface area contributed by atoms with E-state index in [1.807, 2.05) is 115 Å². The van der Waals surface area contributed by atoms with Crippen molar-refractivity contribution in [2.45, 2.75) is 59.7 Å². The third kappa shape index (κ3) is 17.4. The number of fused-ring (bicyclic) bond motifs is 3. The Morgan fingerprint density at radius 1 is 0.478 bits per heavy atom. The molecule has 0 fully saturated rings. The van der Waals surface area contributed by atoms with Crippen molar-refractivity contribution < 1.29 is 39.0 Å². The molecule has 0 aliphatic heterocycles. The summed E-state index contributed by atoms with van der Waals surface area (Å²) < 4.78 is 9.33. The van der Waals surface area contributed by atoms with E-state index in [1.165, 1.54) is 30.6 Å². The number of ether oxygens (including phenoxy) is 2. The van der Waals surface area contributed by atoms with Gasteiger partial charge in [0.2, 0.25) is 0 Å². The third-order valence-corrected chi connectivity index (χ3v) is 10.6. The molecule has 0 saturated carbocycles. The Kier molecular flexibility index (Phi) is 24.6. The van der Waals surface area contributed by atoms with Crippen molar-refractivity contribution in [1.82, 2.24) is 15.0 Å². The Morgan fingerprint density at radius 3 is 1.25 bits per heavy atom. The van der Waals surface area contributed by atoms with Gasteiger partial charge in [0.1, 0.15) is 0 Å². The molecule has 6 aromatic carbocycles. The number of rotatable bonds is 9. The van der Waals surface area contributed by atoms with E-state index in [-0.39, 0.29) is 11.9 Å². The van der Waals surface area contributed by atoms with Gasteiger partial charge >= 0.3 is 25.0 Å². The molecule has 0 aliphatic rings. The van der Waals surface area contributed by atoms with Crippen LogP contribution < -0.4 is 5.46 Å². The van der Waals surface area contributed by atoms with Crippen molar-refractivity contribution in [3.05, 3.63) is 209 Å². The molecule has 0 unspecified atom stereocenters. The minimum absolute atomic E-state index is 0.294. The minimum Gasteiger partial charge on any atom is -0.478 e. The number of hydrogen-bond donors (Lipinski definition) is 6. The highest BCUT2D eigenvalue weighted by molar-refractivity contribution is 9.08. The van der Waals surface area contributed by atoms with Crippen LogP contribution in [0.15, 0.2) is 164 Å². The zero-order valence-electron chi connectivity index (χ0n) is 40.5. The van der Waals surface area contributed by atoms with Gasteiger partial charge in [-0.15, -0.1) is 0 Å². The molecule has 69 heavy (non-hydrogen) atoms. The second kappa shape index (κ2) is 30.2. The van der Waals surface area contributed by atoms with Gasteiger partial charge in [0.25, 0.3) is 0 Å². The van der Waals surface area contributed by atoms with Gasteiger partial charge < -0.3 is 39.6 Å². The predicted molar refractivity (Wildman–Crippen MR) is 286 cm³/mol. The van der Waals surface area contributed by atoms with E-state index in [9.17, 15) is 14.4 Å². The van der Waals surface area contributed by atoms with Crippen LogP contribution in [0.5, 0.6) is 0 Å². The van der Waals surface area contributed by atoms with Gasteiger partial charge in [-0.05, 0) is 135 Å². The number of benzene rings is 6. The molecule has 0 amide bonds. The quantitative estimate of drug-likeness (QED) is 0.0470. The number of aromatic amines is 3. The SMILES string of the molecule is CC.CC.CC.COC(=O)c1cccc(CBr)c1.COC(=O)c1cccc(Cc2ccc3cc[nH]c3c2)c1.O=C(O)c1cccc(Cc2ccc3cc[nH]c3c2)c1.OB(O)c1ccc2cc[nH]c2c1. The van der Waals surface area contributed by atoms with Gasteiger partial charge in [-0.3, -0.25) is 0 Å². The van der Waals surface area contributed by atoms with Crippen molar-refractivity contribution in [3.8, 4) is 0 Å². The van der Waals surface area contributed by atoms with Crippen LogP contribution >= 0.6 is 15.9 Å². The molecule has 11 nitrogen and oxygen atoms in total. The van der Waals surface area contributed by atoms with E-state index in [0.717, 1.165) is 62.4 Å². The first kappa shape index (κ1) is 56.1. The van der Waals surface area contributed by atoms with Crippen molar-refractivity contribution in [1.29, 1.82) is 0 Å². The number of carbonyl (C=O) groups is 3. The van der Waals surface area contributed by atoms with Gasteiger partial charge in [-0.2, -0.15) is 0 Å². The first-order valence-electron chi connectivity index (χ1n) is 22.8. The number of carboxylic acid groups (broad SMARTS) is 1. The summed E-state index contributed by atoms with van der Waals surface area (Å²) in [6, 6.07) is 45.8. The average Bonchev–Trinajstić information content (AvgIpc) is 4.20. The smallest absolute Gasteiger partial charge is 0.478 e. The van der Waals surface area contributed by atoms with E-state index in [1.54, 1.807) is 48.5 Å². The molecule has 0 atom stereocenters. The molecule has 3 aromatic heterocycles. The normalized spacial score (nSPS) is 9.78. The van der Waals surface area contributed by atoms with E-state index in [2.05, 4.69) is 78.1 Å². The molecule has 360 valence electrons. The standard InChI is InChI=1S/C17H15NO2.C16H13NO2.C9H9BrO2.C8H8BNO2.3C2H6/c1-20-17(19)15-4-2-3-12(10-15)9-13-5-6-14-7-8-18-16(14)11-13;18-16(19)14-3-1-2-11(9-14)8-12-4-5-13-6-7-17-15(13)10-12;1-12-9(11)8-4-2-3-7(5-8)6-10;11-9(12)7-2-1-6-3-4-10-8(6)5-7;3*1-2/h2-8,10-11,18H,9H2,1H3;1-7,9-10,17H,8H2,(H,18,19);2-5H,6H2,1H3;1-5,10-12H;3*1-2H3. The van der Waals surface area contributed by atoms with Crippen LogP contribution in [-0.2, 0) is 27.6 Å². The summed E-state index contributed by atoms with van der Waals surface area (Å²) in [4.78, 5) is 42.9. The Labute approximate surface area is 413 Å². The number of nitrogens with one attached hydrogen (secondary N) is 3. The van der Waals surface area contributed by atoms with Gasteiger partial charge in [-0.25, -0.2) is 14.4 Å². The molecular weight excluding hydrogens is 933 g/mol. The van der Waals surface area contributed by atoms with Crippen molar-refractivity contribution in [2.75, 3.05) is 14.2 Å². The first-order valence-corrected chi connectivity index (χ1v) is 23.9. The Hall–Kier alpha value is -7.19. The second-order valence-electron chi connectivity index (χ2n) is 14.4. The van der Waals surface area contributed by atoms with Crippen LogP contribution in [0.2, 0.25) is 0 Å². The van der Waals surface area contributed by atoms with Crippen molar-refractivity contribution in [3.63, 3.8) is 0 Å². The molecule has 3 heterocycles. The molecule has 13 heteroatoms. The van der Waals surface area contributed by atoms with E-state index in [4.69, 9.17) is 19.9 Å². The number of aromatic nitrogens is 3. The lowest BCUT2D eigenvalue weighted by Crippen LogP contribution is -2.29. The highest BCUT2D eigenvalue weighted by Crippen LogP contribution is 2.20. The van der Waals surface area contributed by atoms with Crippen LogP contribution in [0.1, 0.15) is 100 Å². The highest BCUT2D eigenvalue weighted by Gasteiger charge is 2.11. The maximum atomic E-state index is 11.5. The average molecular weight is 997 g/mol. The summed E-state index contributed by atoms with van der Waals surface area (Å²) in [6.07, 6.45) is 7.19. The fourth-order valence-corrected chi connectivity index (χ4v) is 7.10. The predicted octanol–water partition coefficient (Wildman–Crippen LogP) is 12.3. The summed E-state index contributed by atoms with van der Waals surface area (Å²) in [5.74, 6) is -1.48. The van der Waals surface area contributed by atoms with Gasteiger partial charge in [0, 0.05) is 40.5 Å². The number of esters is 2. The van der Waals surface area contributed by atoms with Crippen molar-refractivity contribution in [2.24, 2.45) is 0 Å². The lowest BCUT2D eigenvalue weighted by molar-refractivity contribution is 0.0592. The Bertz CT molecular complexity index is 2960. The number of halogens is 1. The van der Waals surface area contributed by atoms with Crippen molar-refractivity contribution >= 4 is 79.1 Å². The molecule has 0 radical (unpaired) electrons. The zero-order valence-corrected chi connectivity index (χ0v) is 42.1. The highest BCUT2D eigenvalue weighted by atomic mass is 79.9. The summed E-state index contributed by atoms with van der Waals surface area (Å²) in [7, 11) is 1.38. The van der Waals surface area contributed by atoms with Crippen LogP contribution in [0.4, 0.5) is 0 Å². The maximum Gasteiger partial charge on any atom is 0.488 e. The molecule has 0 bridgehead atoms. The monoisotopic (exact) mass is 995 g/mol. The molecule has 0 spiro atoms. The number of carbonyl (C=O) groups excluding carboxylic acids is 2. The molecule has 9 rings (SSSR count). The van der Waals surface area contributed by atoms with E-state index >= 15 is 0 Å². The summed E-state index contributed by atoms with van der Waals surface area (Å²) in [5, 5.41) is 30.9. The van der Waals surface area contributed by atoms with E-state index in [0.29, 0.717) is 22.2 Å². The topological polar surface area (TPSA) is 178 Å². The lowest BCUT2D eigenvalue weighted by Gasteiger charge is -2.05. The lowest BCUT2D eigenvalue weighted by atomic mass is 9.80. The van der Waals surface area contributed by atoms with Crippen LogP contribution in [-0.4, -0.2) is 69.4 Å². The molecular formula is C56H63BBrN3O8.